The Balaban J connectivity index is 2.21. The molecule has 0 nitrogen and oxygen atoms in total. The van der Waals surface area contributed by atoms with Crippen LogP contribution in [0.3, 0.4) is 0 Å². The van der Waals surface area contributed by atoms with E-state index in [-0.39, 0.29) is 0 Å². The van der Waals surface area contributed by atoms with Crippen LogP contribution in [0.2, 0.25) is 0 Å². The Hall–Kier alpha value is -1.82. The molecule has 0 aliphatic rings. The van der Waals surface area contributed by atoms with E-state index in [1.54, 1.807) is 0 Å². The third kappa shape index (κ3) is 3.07. The summed E-state index contributed by atoms with van der Waals surface area (Å²) in [5.41, 5.74) is 6.36. The van der Waals surface area contributed by atoms with Gasteiger partial charge >= 0.3 is 0 Å². The van der Waals surface area contributed by atoms with Gasteiger partial charge in [-0.3, -0.25) is 0 Å². The van der Waals surface area contributed by atoms with Crippen molar-refractivity contribution in [1.82, 2.24) is 0 Å². The molecule has 0 aliphatic heterocycles. The van der Waals surface area contributed by atoms with E-state index in [0.29, 0.717) is 0 Å². The molecule has 0 atom stereocenters. The number of rotatable bonds is 3. The summed E-state index contributed by atoms with van der Waals surface area (Å²) in [7, 11) is 0. The third-order valence-corrected chi connectivity index (χ3v) is 2.95. The van der Waals surface area contributed by atoms with Gasteiger partial charge in [0.05, 0.1) is 0 Å². The molecule has 0 saturated heterocycles. The van der Waals surface area contributed by atoms with Gasteiger partial charge in [-0.2, -0.15) is 0 Å². The second-order valence-electron chi connectivity index (χ2n) is 4.64. The molecule has 17 heavy (non-hydrogen) atoms. The summed E-state index contributed by atoms with van der Waals surface area (Å²) in [5, 5.41) is 0. The topological polar surface area (TPSA) is 0 Å². The number of benzene rings is 2. The highest BCUT2D eigenvalue weighted by Gasteiger charge is 1.98. The van der Waals surface area contributed by atoms with Crippen molar-refractivity contribution in [1.29, 1.82) is 0 Å². The van der Waals surface area contributed by atoms with E-state index >= 15 is 0 Å². The highest BCUT2D eigenvalue weighted by Crippen LogP contribution is 2.16. The molecule has 2 rings (SSSR count). The van der Waals surface area contributed by atoms with Gasteiger partial charge in [0.2, 0.25) is 0 Å². The average molecular weight is 222 g/mol. The lowest BCUT2D eigenvalue weighted by Gasteiger charge is -2.05. The maximum absolute atomic E-state index is 3.99. The summed E-state index contributed by atoms with van der Waals surface area (Å²) in [6.07, 6.45) is 0.987. The van der Waals surface area contributed by atoms with E-state index in [4.69, 9.17) is 0 Å². The lowest BCUT2D eigenvalue weighted by atomic mass is 10.00. The van der Waals surface area contributed by atoms with E-state index in [0.717, 1.165) is 12.0 Å². The molecule has 0 saturated carbocycles. The van der Waals surface area contributed by atoms with Crippen molar-refractivity contribution < 1.29 is 0 Å². The van der Waals surface area contributed by atoms with Gasteiger partial charge in [-0.05, 0) is 37.0 Å². The molecule has 0 aliphatic carbocycles. The predicted molar refractivity (Wildman–Crippen MR) is 75.1 cm³/mol. The first-order valence-electron chi connectivity index (χ1n) is 5.95. The van der Waals surface area contributed by atoms with Crippen molar-refractivity contribution in [2.24, 2.45) is 0 Å². The zero-order valence-electron chi connectivity index (χ0n) is 10.5. The molecule has 0 heteroatoms. The number of allylic oxidation sites excluding steroid dienone is 1. The Morgan fingerprint density at radius 1 is 1.00 bits per heavy atom. The minimum absolute atomic E-state index is 0.987. The minimum atomic E-state index is 0.987. The van der Waals surface area contributed by atoms with Gasteiger partial charge in [0, 0.05) is 0 Å². The first-order valence-corrected chi connectivity index (χ1v) is 5.95. The van der Waals surface area contributed by atoms with Crippen LogP contribution in [0.5, 0.6) is 0 Å². The molecule has 0 aromatic heterocycles. The first-order chi connectivity index (χ1) is 8.15. The van der Waals surface area contributed by atoms with Crippen LogP contribution in [-0.2, 0) is 6.42 Å². The van der Waals surface area contributed by atoms with Crippen LogP contribution in [0, 0.1) is 6.92 Å². The van der Waals surface area contributed by atoms with Gasteiger partial charge in [0.25, 0.3) is 0 Å². The summed E-state index contributed by atoms with van der Waals surface area (Å²) in [6, 6.07) is 17.3. The SMILES string of the molecule is C=C(C)c1cccc(Cc2ccc(C)cc2)c1. The zero-order chi connectivity index (χ0) is 12.3. The van der Waals surface area contributed by atoms with E-state index in [1.807, 2.05) is 6.92 Å². The third-order valence-electron chi connectivity index (χ3n) is 2.95. The smallest absolute Gasteiger partial charge is 0.00256 e. The summed E-state index contributed by atoms with van der Waals surface area (Å²) < 4.78 is 0. The van der Waals surface area contributed by atoms with Crippen LogP contribution < -0.4 is 0 Å². The van der Waals surface area contributed by atoms with Crippen molar-refractivity contribution in [3.63, 3.8) is 0 Å². The Labute approximate surface area is 104 Å². The molecular formula is C17H18. The minimum Gasteiger partial charge on any atom is -0.0955 e. The summed E-state index contributed by atoms with van der Waals surface area (Å²) in [5.74, 6) is 0. The lowest BCUT2D eigenvalue weighted by Crippen LogP contribution is -1.89. The van der Waals surface area contributed by atoms with Crippen molar-refractivity contribution >= 4 is 5.57 Å². The van der Waals surface area contributed by atoms with Crippen LogP contribution in [0.25, 0.3) is 5.57 Å². The molecule has 2 aromatic rings. The van der Waals surface area contributed by atoms with Crippen LogP contribution >= 0.6 is 0 Å². The second kappa shape index (κ2) is 5.01. The highest BCUT2D eigenvalue weighted by molar-refractivity contribution is 5.61. The molecule has 0 unspecified atom stereocenters. The highest BCUT2D eigenvalue weighted by atomic mass is 14.0. The van der Waals surface area contributed by atoms with E-state index in [9.17, 15) is 0 Å². The molecule has 2 aromatic carbocycles. The Morgan fingerprint density at radius 3 is 2.35 bits per heavy atom. The molecule has 86 valence electrons. The quantitative estimate of drug-likeness (QED) is 0.711. The number of hydrogen-bond donors (Lipinski definition) is 0. The van der Waals surface area contributed by atoms with Crippen molar-refractivity contribution in [3.8, 4) is 0 Å². The first kappa shape index (κ1) is 11.7. The van der Waals surface area contributed by atoms with Gasteiger partial charge < -0.3 is 0 Å². The Morgan fingerprint density at radius 2 is 1.71 bits per heavy atom. The van der Waals surface area contributed by atoms with Gasteiger partial charge in [0.1, 0.15) is 0 Å². The fraction of sp³-hybridized carbons (Fsp3) is 0.176. The van der Waals surface area contributed by atoms with Gasteiger partial charge in [-0.15, -0.1) is 0 Å². The zero-order valence-corrected chi connectivity index (χ0v) is 10.5. The van der Waals surface area contributed by atoms with Crippen LogP contribution in [0.4, 0.5) is 0 Å². The molecule has 0 fully saturated rings. The fourth-order valence-electron chi connectivity index (χ4n) is 1.89. The van der Waals surface area contributed by atoms with Crippen LogP contribution in [0.1, 0.15) is 29.2 Å². The summed E-state index contributed by atoms with van der Waals surface area (Å²) in [4.78, 5) is 0. The van der Waals surface area contributed by atoms with E-state index < -0.39 is 0 Å². The second-order valence-corrected chi connectivity index (χ2v) is 4.64. The molecule has 0 amide bonds. The van der Waals surface area contributed by atoms with Crippen molar-refractivity contribution in [2.45, 2.75) is 20.3 Å². The van der Waals surface area contributed by atoms with E-state index in [1.165, 1.54) is 22.3 Å². The van der Waals surface area contributed by atoms with Crippen LogP contribution in [0.15, 0.2) is 55.1 Å². The van der Waals surface area contributed by atoms with Gasteiger partial charge in [0.15, 0.2) is 0 Å². The maximum Gasteiger partial charge on any atom is -0.00256 e. The molecule has 0 radical (unpaired) electrons. The monoisotopic (exact) mass is 222 g/mol. The summed E-state index contributed by atoms with van der Waals surface area (Å²) >= 11 is 0. The molecule has 0 spiro atoms. The van der Waals surface area contributed by atoms with Crippen molar-refractivity contribution in [2.75, 3.05) is 0 Å². The molecule has 0 heterocycles. The Kier molecular flexibility index (Phi) is 3.43. The molecular weight excluding hydrogens is 204 g/mol. The predicted octanol–water partition coefficient (Wildman–Crippen LogP) is 4.62. The van der Waals surface area contributed by atoms with Crippen LogP contribution in [-0.4, -0.2) is 0 Å². The fourth-order valence-corrected chi connectivity index (χ4v) is 1.89. The summed E-state index contributed by atoms with van der Waals surface area (Å²) in [6.45, 7) is 8.15. The normalized spacial score (nSPS) is 10.2. The standard InChI is InChI=1S/C17H18/c1-13(2)17-6-4-5-16(12-17)11-15-9-7-14(3)8-10-15/h4-10,12H,1,11H2,2-3H3. The number of hydrogen-bond acceptors (Lipinski definition) is 0. The van der Waals surface area contributed by atoms with E-state index in [2.05, 4.69) is 62.0 Å². The Bertz CT molecular complexity index is 518. The van der Waals surface area contributed by atoms with Crippen molar-refractivity contribution in [3.05, 3.63) is 77.4 Å². The largest absolute Gasteiger partial charge is 0.0955 e. The lowest BCUT2D eigenvalue weighted by molar-refractivity contribution is 1.18. The van der Waals surface area contributed by atoms with Gasteiger partial charge in [-0.25, -0.2) is 0 Å². The molecule has 0 bridgehead atoms. The number of aryl methyl sites for hydroxylation is 1. The maximum atomic E-state index is 3.99. The molecule has 0 N–H and O–H groups in total. The van der Waals surface area contributed by atoms with Gasteiger partial charge in [-0.1, -0.05) is 66.2 Å². The average Bonchev–Trinajstić information content (AvgIpc) is 2.32.